The quantitative estimate of drug-likeness (QED) is 0.593. The van der Waals surface area contributed by atoms with Gasteiger partial charge in [-0.1, -0.05) is 72.0 Å². The van der Waals surface area contributed by atoms with Gasteiger partial charge in [0.15, 0.2) is 0 Å². The molecule has 0 saturated carbocycles. The van der Waals surface area contributed by atoms with Gasteiger partial charge in [0, 0.05) is 23.2 Å². The van der Waals surface area contributed by atoms with Crippen LogP contribution in [-0.2, 0) is 0 Å². The maximum Gasteiger partial charge on any atom is 0.0406 e. The van der Waals surface area contributed by atoms with Crippen molar-refractivity contribution in [3.8, 4) is 11.8 Å². The van der Waals surface area contributed by atoms with E-state index >= 15 is 0 Å². The number of benzene rings is 3. The molecule has 1 N–H and O–H groups in total. The van der Waals surface area contributed by atoms with Crippen LogP contribution in [0.15, 0.2) is 78.9 Å². The summed E-state index contributed by atoms with van der Waals surface area (Å²) in [5.41, 5.74) is 2.28. The summed E-state index contributed by atoms with van der Waals surface area (Å²) in [5, 5.41) is 6.83. The van der Waals surface area contributed by atoms with Crippen molar-refractivity contribution in [1.82, 2.24) is 5.32 Å². The smallest absolute Gasteiger partial charge is 0.0406 e. The zero-order valence-electron chi connectivity index (χ0n) is 14.2. The summed E-state index contributed by atoms with van der Waals surface area (Å²) in [6, 6.07) is 22.8. The normalized spacial score (nSPS) is 12.1. The summed E-state index contributed by atoms with van der Waals surface area (Å²) in [7, 11) is 0. The van der Waals surface area contributed by atoms with E-state index in [1.165, 1.54) is 16.3 Å². The second kappa shape index (κ2) is 8.53. The van der Waals surface area contributed by atoms with Gasteiger partial charge >= 0.3 is 0 Å². The van der Waals surface area contributed by atoms with Crippen molar-refractivity contribution in [3.05, 3.63) is 95.0 Å². The van der Waals surface area contributed by atoms with Crippen LogP contribution in [0.25, 0.3) is 10.8 Å². The topological polar surface area (TPSA) is 12.0 Å². The van der Waals surface area contributed by atoms with E-state index in [2.05, 4.69) is 66.5 Å². The van der Waals surface area contributed by atoms with E-state index in [0.717, 1.165) is 17.1 Å². The van der Waals surface area contributed by atoms with Crippen LogP contribution >= 0.6 is 11.6 Å². The SMILES string of the molecule is C[C@@H](NC/C=C/C#Cc1ccc(Cl)cc1)c1cccc2ccccc12. The number of rotatable bonds is 4. The van der Waals surface area contributed by atoms with Crippen molar-refractivity contribution in [2.75, 3.05) is 6.54 Å². The predicted octanol–water partition coefficient (Wildman–Crippen LogP) is 5.75. The standard InChI is InChI=1S/C23H20ClN/c1-18(22-12-7-10-20-9-4-5-11-23(20)22)25-17-6-2-3-8-19-13-15-21(24)16-14-19/h2,4-7,9-16,18,25H,17H2,1H3/b6-2+/t18-/m1/s1. The fraction of sp³-hybridized carbons (Fsp3) is 0.130. The summed E-state index contributed by atoms with van der Waals surface area (Å²) >= 11 is 5.86. The van der Waals surface area contributed by atoms with E-state index in [0.29, 0.717) is 0 Å². The van der Waals surface area contributed by atoms with Crippen molar-refractivity contribution in [2.45, 2.75) is 13.0 Å². The Morgan fingerprint density at radius 2 is 1.76 bits per heavy atom. The summed E-state index contributed by atoms with van der Waals surface area (Å²) < 4.78 is 0. The first-order valence-corrected chi connectivity index (χ1v) is 8.75. The molecule has 0 saturated heterocycles. The molecule has 0 bridgehead atoms. The number of hydrogen-bond acceptors (Lipinski definition) is 1. The maximum atomic E-state index is 5.86. The maximum absolute atomic E-state index is 5.86. The third-order valence-corrected chi connectivity index (χ3v) is 4.35. The van der Waals surface area contributed by atoms with Gasteiger partial charge in [-0.05, 0) is 53.6 Å². The molecule has 0 aromatic heterocycles. The minimum Gasteiger partial charge on any atom is -0.307 e. The average Bonchev–Trinajstić information content (AvgIpc) is 2.65. The Bertz CT molecular complexity index is 924. The molecule has 0 unspecified atom stereocenters. The minimum atomic E-state index is 0.278. The third-order valence-electron chi connectivity index (χ3n) is 4.09. The summed E-state index contributed by atoms with van der Waals surface area (Å²) in [6.45, 7) is 2.97. The molecule has 3 aromatic carbocycles. The molecule has 1 atom stereocenters. The largest absolute Gasteiger partial charge is 0.307 e. The fourth-order valence-electron chi connectivity index (χ4n) is 2.76. The average molecular weight is 346 g/mol. The van der Waals surface area contributed by atoms with Gasteiger partial charge in [0.05, 0.1) is 0 Å². The monoisotopic (exact) mass is 345 g/mol. The zero-order valence-corrected chi connectivity index (χ0v) is 14.9. The van der Waals surface area contributed by atoms with Crippen LogP contribution in [0.1, 0.15) is 24.1 Å². The fourth-order valence-corrected chi connectivity index (χ4v) is 2.88. The molecule has 3 aromatic rings. The van der Waals surface area contributed by atoms with Gasteiger partial charge in [0.1, 0.15) is 0 Å². The third kappa shape index (κ3) is 4.73. The first-order chi connectivity index (χ1) is 12.2. The number of fused-ring (bicyclic) bond motifs is 1. The van der Waals surface area contributed by atoms with E-state index < -0.39 is 0 Å². The van der Waals surface area contributed by atoms with Crippen LogP contribution in [0.2, 0.25) is 5.02 Å². The first-order valence-electron chi connectivity index (χ1n) is 8.37. The number of halogens is 1. The van der Waals surface area contributed by atoms with Crippen molar-refractivity contribution in [2.24, 2.45) is 0 Å². The van der Waals surface area contributed by atoms with E-state index in [4.69, 9.17) is 11.6 Å². The van der Waals surface area contributed by atoms with Crippen LogP contribution < -0.4 is 5.32 Å². The highest BCUT2D eigenvalue weighted by molar-refractivity contribution is 6.30. The lowest BCUT2D eigenvalue weighted by Gasteiger charge is -2.15. The zero-order chi connectivity index (χ0) is 17.5. The van der Waals surface area contributed by atoms with Crippen molar-refractivity contribution < 1.29 is 0 Å². The summed E-state index contributed by atoms with van der Waals surface area (Å²) in [6.07, 6.45) is 3.93. The Morgan fingerprint density at radius 3 is 2.60 bits per heavy atom. The highest BCUT2D eigenvalue weighted by atomic mass is 35.5. The molecule has 0 spiro atoms. The van der Waals surface area contributed by atoms with Crippen molar-refractivity contribution >= 4 is 22.4 Å². The molecule has 124 valence electrons. The van der Waals surface area contributed by atoms with Crippen molar-refractivity contribution in [1.29, 1.82) is 0 Å². The van der Waals surface area contributed by atoms with Gasteiger partial charge in [-0.25, -0.2) is 0 Å². The van der Waals surface area contributed by atoms with Gasteiger partial charge in [0.25, 0.3) is 0 Å². The van der Waals surface area contributed by atoms with Gasteiger partial charge in [0.2, 0.25) is 0 Å². The molecule has 0 aliphatic carbocycles. The number of nitrogens with one attached hydrogen (secondary N) is 1. The second-order valence-corrected chi connectivity index (χ2v) is 6.31. The highest BCUT2D eigenvalue weighted by Gasteiger charge is 2.07. The molecule has 1 nitrogen and oxygen atoms in total. The lowest BCUT2D eigenvalue weighted by Crippen LogP contribution is -2.18. The molecular formula is C23H20ClN. The molecule has 0 heterocycles. The van der Waals surface area contributed by atoms with E-state index in [-0.39, 0.29) is 6.04 Å². The lowest BCUT2D eigenvalue weighted by molar-refractivity contribution is 0.621. The Balaban J connectivity index is 1.57. The number of hydrogen-bond donors (Lipinski definition) is 1. The van der Waals surface area contributed by atoms with Gasteiger partial charge < -0.3 is 5.32 Å². The van der Waals surface area contributed by atoms with Gasteiger partial charge in [-0.2, -0.15) is 0 Å². The van der Waals surface area contributed by atoms with Crippen LogP contribution in [0.4, 0.5) is 0 Å². The Kier molecular flexibility index (Phi) is 5.90. The number of allylic oxidation sites excluding steroid dienone is 1. The molecule has 25 heavy (non-hydrogen) atoms. The molecule has 0 aliphatic rings. The van der Waals surface area contributed by atoms with E-state index in [1.54, 1.807) is 0 Å². The van der Waals surface area contributed by atoms with Gasteiger partial charge in [-0.15, -0.1) is 0 Å². The van der Waals surface area contributed by atoms with Gasteiger partial charge in [-0.3, -0.25) is 0 Å². The molecule has 2 heteroatoms. The lowest BCUT2D eigenvalue weighted by atomic mass is 10.00. The van der Waals surface area contributed by atoms with Crippen LogP contribution in [-0.4, -0.2) is 6.54 Å². The minimum absolute atomic E-state index is 0.278. The second-order valence-electron chi connectivity index (χ2n) is 5.88. The van der Waals surface area contributed by atoms with E-state index in [1.807, 2.05) is 36.4 Å². The molecule has 0 fully saturated rings. The van der Waals surface area contributed by atoms with Crippen LogP contribution in [0, 0.1) is 11.8 Å². The molecule has 3 rings (SSSR count). The van der Waals surface area contributed by atoms with E-state index in [9.17, 15) is 0 Å². The Labute approximate surface area is 154 Å². The predicted molar refractivity (Wildman–Crippen MR) is 108 cm³/mol. The summed E-state index contributed by atoms with van der Waals surface area (Å²) in [4.78, 5) is 0. The first kappa shape index (κ1) is 17.3. The van der Waals surface area contributed by atoms with Crippen LogP contribution in [0.3, 0.4) is 0 Å². The molecule has 0 aliphatic heterocycles. The molecule has 0 amide bonds. The molecule has 0 radical (unpaired) electrons. The molecular weight excluding hydrogens is 326 g/mol. The Hall–Kier alpha value is -2.53. The highest BCUT2D eigenvalue weighted by Crippen LogP contribution is 2.23. The van der Waals surface area contributed by atoms with Crippen molar-refractivity contribution in [3.63, 3.8) is 0 Å². The summed E-state index contributed by atoms with van der Waals surface area (Å²) in [5.74, 6) is 6.14. The van der Waals surface area contributed by atoms with Crippen LogP contribution in [0.5, 0.6) is 0 Å². The Morgan fingerprint density at radius 1 is 1.00 bits per heavy atom.